The largest absolute Gasteiger partial charge is 0.378 e. The molecule has 0 amide bonds. The highest BCUT2D eigenvalue weighted by Crippen LogP contribution is 2.34. The summed E-state index contributed by atoms with van der Waals surface area (Å²) in [5.74, 6) is 0.908. The molecule has 0 radical (unpaired) electrons. The minimum Gasteiger partial charge on any atom is -0.378 e. The molecule has 27 heavy (non-hydrogen) atoms. The number of imidazole rings is 1. The van der Waals surface area contributed by atoms with Crippen molar-refractivity contribution in [1.29, 1.82) is 0 Å². The summed E-state index contributed by atoms with van der Waals surface area (Å²) in [6, 6.07) is 6.06. The normalized spacial score (nSPS) is 20.5. The third kappa shape index (κ3) is 2.94. The predicted molar refractivity (Wildman–Crippen MR) is 101 cm³/mol. The molecule has 8 nitrogen and oxygen atoms in total. The van der Waals surface area contributed by atoms with Crippen LogP contribution in [0.5, 0.6) is 0 Å². The van der Waals surface area contributed by atoms with Gasteiger partial charge in [0.1, 0.15) is 24.2 Å². The molecule has 2 atom stereocenters. The molecule has 0 unspecified atom stereocenters. The summed E-state index contributed by atoms with van der Waals surface area (Å²) in [7, 11) is 0. The van der Waals surface area contributed by atoms with Gasteiger partial charge in [0.25, 0.3) is 0 Å². The van der Waals surface area contributed by atoms with Crippen LogP contribution in [-0.2, 0) is 11.3 Å². The fraction of sp³-hybridized carbons (Fsp3) is 0.389. The Morgan fingerprint density at radius 2 is 2.22 bits per heavy atom. The molecule has 0 spiro atoms. The van der Waals surface area contributed by atoms with E-state index >= 15 is 0 Å². The first-order valence-electron chi connectivity index (χ1n) is 8.96. The van der Waals surface area contributed by atoms with E-state index < -0.39 is 0 Å². The van der Waals surface area contributed by atoms with Gasteiger partial charge in [0, 0.05) is 23.1 Å². The van der Waals surface area contributed by atoms with Crippen molar-refractivity contribution in [3.8, 4) is 0 Å². The first-order chi connectivity index (χ1) is 13.2. The van der Waals surface area contributed by atoms with Crippen molar-refractivity contribution >= 4 is 33.5 Å². The van der Waals surface area contributed by atoms with Gasteiger partial charge in [0.2, 0.25) is 0 Å². The van der Waals surface area contributed by atoms with Gasteiger partial charge in [-0.1, -0.05) is 11.6 Å². The van der Waals surface area contributed by atoms with Crippen LogP contribution in [0.4, 0.5) is 0 Å². The zero-order valence-corrected chi connectivity index (χ0v) is 15.5. The molecule has 1 fully saturated rings. The highest BCUT2D eigenvalue weighted by molar-refractivity contribution is 6.31. The molecule has 1 aromatic carbocycles. The van der Waals surface area contributed by atoms with Crippen molar-refractivity contribution in [2.45, 2.75) is 38.5 Å². The first kappa shape index (κ1) is 16.6. The summed E-state index contributed by atoms with van der Waals surface area (Å²) in [4.78, 5) is 9.42. The maximum absolute atomic E-state index is 6.29. The van der Waals surface area contributed by atoms with Crippen LogP contribution in [-0.4, -0.2) is 47.5 Å². The van der Waals surface area contributed by atoms with E-state index in [2.05, 4.69) is 32.0 Å². The number of hydrogen-bond donors (Lipinski definition) is 0. The molecule has 1 aliphatic heterocycles. The van der Waals surface area contributed by atoms with Crippen molar-refractivity contribution in [2.75, 3.05) is 6.61 Å². The molecular formula is C18H18ClN7O. The number of tetrazole rings is 1. The first-order valence-corrected chi connectivity index (χ1v) is 9.34. The Kier molecular flexibility index (Phi) is 4.02. The van der Waals surface area contributed by atoms with E-state index in [1.54, 1.807) is 11.0 Å². The van der Waals surface area contributed by atoms with Crippen LogP contribution in [0, 0.1) is 0 Å². The van der Waals surface area contributed by atoms with Gasteiger partial charge in [0.15, 0.2) is 0 Å². The molecule has 0 saturated carbocycles. The number of rotatable bonds is 3. The van der Waals surface area contributed by atoms with E-state index in [4.69, 9.17) is 21.3 Å². The quantitative estimate of drug-likeness (QED) is 0.540. The number of nitrogens with zero attached hydrogens (tertiary/aromatic N) is 7. The number of fused-ring (bicyclic) bond motifs is 3. The molecular weight excluding hydrogens is 366 g/mol. The molecule has 0 N–H and O–H groups in total. The topological polar surface area (TPSA) is 83.5 Å². The second-order valence-corrected chi connectivity index (χ2v) is 7.36. The molecule has 9 heteroatoms. The average molecular weight is 384 g/mol. The standard InChI is InChI=1S/C18H18ClN7O/c1-11-6-13(4-5-27-11)26-17(9-25-10-21-23-24-25)22-16-8-20-15-3-2-12(19)7-14(15)18(16)26/h2-3,7-8,10-11,13H,4-6,9H2,1H3/t11-,13-/m1/s1. The van der Waals surface area contributed by atoms with Gasteiger partial charge in [-0.2, -0.15) is 0 Å². The highest BCUT2D eigenvalue weighted by Gasteiger charge is 2.26. The molecule has 1 aliphatic rings. The lowest BCUT2D eigenvalue weighted by atomic mass is 10.0. The summed E-state index contributed by atoms with van der Waals surface area (Å²) < 4.78 is 9.77. The Morgan fingerprint density at radius 1 is 1.30 bits per heavy atom. The van der Waals surface area contributed by atoms with Crippen molar-refractivity contribution in [3.05, 3.63) is 41.6 Å². The molecule has 0 bridgehead atoms. The van der Waals surface area contributed by atoms with E-state index in [0.29, 0.717) is 11.6 Å². The second-order valence-electron chi connectivity index (χ2n) is 6.92. The smallest absolute Gasteiger partial charge is 0.138 e. The third-order valence-corrected chi connectivity index (χ3v) is 5.30. The Hall–Kier alpha value is -2.58. The van der Waals surface area contributed by atoms with E-state index in [-0.39, 0.29) is 12.1 Å². The van der Waals surface area contributed by atoms with Crippen LogP contribution in [0.15, 0.2) is 30.7 Å². The van der Waals surface area contributed by atoms with Crippen molar-refractivity contribution in [3.63, 3.8) is 0 Å². The summed E-state index contributed by atoms with van der Waals surface area (Å²) in [5, 5.41) is 13.2. The van der Waals surface area contributed by atoms with Crippen LogP contribution in [0.1, 0.15) is 31.6 Å². The monoisotopic (exact) mass is 383 g/mol. The number of hydrogen-bond acceptors (Lipinski definition) is 6. The fourth-order valence-corrected chi connectivity index (χ4v) is 4.08. The number of halogens is 1. The van der Waals surface area contributed by atoms with Gasteiger partial charge in [0.05, 0.1) is 23.3 Å². The molecule has 0 aliphatic carbocycles. The van der Waals surface area contributed by atoms with Gasteiger partial charge in [-0.3, -0.25) is 4.98 Å². The third-order valence-electron chi connectivity index (χ3n) is 5.07. The van der Waals surface area contributed by atoms with Gasteiger partial charge < -0.3 is 9.30 Å². The van der Waals surface area contributed by atoms with Crippen molar-refractivity contribution in [1.82, 2.24) is 34.7 Å². The summed E-state index contributed by atoms with van der Waals surface area (Å²) in [6.45, 7) is 3.35. The number of aromatic nitrogens is 7. The van der Waals surface area contributed by atoms with Gasteiger partial charge in [-0.15, -0.1) is 5.10 Å². The molecule has 1 saturated heterocycles. The van der Waals surface area contributed by atoms with Crippen molar-refractivity contribution < 1.29 is 4.74 Å². The van der Waals surface area contributed by atoms with Crippen LogP contribution >= 0.6 is 11.6 Å². The van der Waals surface area contributed by atoms with Crippen LogP contribution < -0.4 is 0 Å². The molecule has 3 aromatic heterocycles. The molecule has 138 valence electrons. The van der Waals surface area contributed by atoms with Crippen LogP contribution in [0.25, 0.3) is 21.9 Å². The molecule has 4 heterocycles. The Bertz CT molecular complexity index is 1110. The Balaban J connectivity index is 1.76. The van der Waals surface area contributed by atoms with Gasteiger partial charge in [-0.25, -0.2) is 9.67 Å². The summed E-state index contributed by atoms with van der Waals surface area (Å²) in [6.07, 6.45) is 5.50. The van der Waals surface area contributed by atoms with Gasteiger partial charge in [-0.05, 0) is 48.4 Å². The van der Waals surface area contributed by atoms with Crippen LogP contribution in [0.3, 0.4) is 0 Å². The molecule has 4 aromatic rings. The molecule has 5 rings (SSSR count). The number of pyridine rings is 1. The lowest BCUT2D eigenvalue weighted by molar-refractivity contribution is 0.00619. The highest BCUT2D eigenvalue weighted by atomic mass is 35.5. The SMILES string of the molecule is C[C@@H]1C[C@H](n2c(Cn3cnnn3)nc3cnc4ccc(Cl)cc4c32)CCO1. The average Bonchev–Trinajstić information content (AvgIpc) is 3.29. The maximum atomic E-state index is 6.29. The Morgan fingerprint density at radius 3 is 3.04 bits per heavy atom. The van der Waals surface area contributed by atoms with Crippen molar-refractivity contribution in [2.24, 2.45) is 0 Å². The lowest BCUT2D eigenvalue weighted by Crippen LogP contribution is -2.27. The van der Waals surface area contributed by atoms with Gasteiger partial charge >= 0.3 is 0 Å². The van der Waals surface area contributed by atoms with E-state index in [0.717, 1.165) is 47.2 Å². The minimum atomic E-state index is 0.207. The zero-order valence-electron chi connectivity index (χ0n) is 14.8. The fourth-order valence-electron chi connectivity index (χ4n) is 3.91. The van der Waals surface area contributed by atoms with E-state index in [1.807, 2.05) is 24.4 Å². The maximum Gasteiger partial charge on any atom is 0.138 e. The summed E-state index contributed by atoms with van der Waals surface area (Å²) >= 11 is 6.29. The number of benzene rings is 1. The van der Waals surface area contributed by atoms with E-state index in [1.165, 1.54) is 0 Å². The Labute approximate surface area is 160 Å². The second kappa shape index (κ2) is 6.54. The summed E-state index contributed by atoms with van der Waals surface area (Å²) in [5.41, 5.74) is 2.82. The number of ether oxygens (including phenoxy) is 1. The zero-order chi connectivity index (χ0) is 18.4. The van der Waals surface area contributed by atoms with E-state index in [9.17, 15) is 0 Å². The lowest BCUT2D eigenvalue weighted by Gasteiger charge is -2.30. The van der Waals surface area contributed by atoms with Crippen LogP contribution in [0.2, 0.25) is 5.02 Å². The predicted octanol–water partition coefficient (Wildman–Crippen LogP) is 3.01. The minimum absolute atomic E-state index is 0.207.